The van der Waals surface area contributed by atoms with Crippen LogP contribution in [0.4, 0.5) is 0 Å². The molecule has 22 nitrogen and oxygen atoms in total. The van der Waals surface area contributed by atoms with E-state index in [2.05, 4.69) is 0 Å². The third-order valence-corrected chi connectivity index (χ3v) is 9.93. The maximum absolute atomic E-state index is 12.8. The van der Waals surface area contributed by atoms with Crippen molar-refractivity contribution in [2.45, 2.75) is 98.5 Å². The van der Waals surface area contributed by atoms with Crippen LogP contribution < -0.4 is 9.47 Å². The first-order valence-electron chi connectivity index (χ1n) is 17.5. The van der Waals surface area contributed by atoms with Gasteiger partial charge in [-0.05, 0) is 29.8 Å². The molecule has 3 heterocycles. The Balaban J connectivity index is 1.37. The fourth-order valence-corrected chi connectivity index (χ4v) is 6.84. The molecule has 3 saturated heterocycles. The zero-order valence-electron chi connectivity index (χ0n) is 30.7. The standard InChI is InChI=1S/C35H48O22/c1-49-16-6-13(7-17(50-2)22(16)41)33(48)52-11-12-4-14(39)21(15(40)5-12)29-32(51-3)31(25(44)19(9-37)53-29)57-35-28(47)30(24(43)20(10-38)55-35)56-34-27(46)26(45)23(42)18(8-36)54-34/h4-7,18-20,23-32,34-47H,8-11H2,1-3H3/t18-,19-,20-,23-,24-,25-,26+,27-,28-,29+,30+,31+,32+,34+,35+/m1/s1. The summed E-state index contributed by atoms with van der Waals surface area (Å²) in [6.07, 6.45) is -25.7. The Kier molecular flexibility index (Phi) is 14.7. The SMILES string of the molecule is COc1cc(C(=O)OCc2cc(O)c([C@@H]3O[C@H](CO)[C@@H](O)[C@H](O[C@@H]4O[C@H](CO)[C@@H](O)[C@H](O[C@@H]5O[C@H](CO)[C@@H](O)[C@H](O)[C@H]5O)[C@H]4O)[C@H]3OC)c(O)c2)cc(OC)c1O. The molecule has 0 unspecified atom stereocenters. The maximum atomic E-state index is 12.8. The average molecular weight is 821 g/mol. The van der Waals surface area contributed by atoms with Crippen molar-refractivity contribution in [1.29, 1.82) is 0 Å². The molecule has 57 heavy (non-hydrogen) atoms. The molecule has 0 bridgehead atoms. The number of aliphatic hydroxyl groups is 9. The van der Waals surface area contributed by atoms with Gasteiger partial charge in [-0.3, -0.25) is 0 Å². The third-order valence-electron chi connectivity index (χ3n) is 9.93. The number of phenolic OH excluding ortho intramolecular Hbond substituents is 3. The van der Waals surface area contributed by atoms with Crippen LogP contribution in [0.1, 0.15) is 27.6 Å². The molecule has 22 heteroatoms. The molecule has 3 fully saturated rings. The van der Waals surface area contributed by atoms with E-state index in [-0.39, 0.29) is 33.9 Å². The van der Waals surface area contributed by atoms with Crippen LogP contribution >= 0.6 is 0 Å². The van der Waals surface area contributed by atoms with Crippen molar-refractivity contribution in [3.63, 3.8) is 0 Å². The van der Waals surface area contributed by atoms with E-state index in [4.69, 9.17) is 42.6 Å². The summed E-state index contributed by atoms with van der Waals surface area (Å²) in [6.45, 7) is -3.01. The summed E-state index contributed by atoms with van der Waals surface area (Å²) in [5.41, 5.74) is -0.279. The van der Waals surface area contributed by atoms with Gasteiger partial charge in [-0.2, -0.15) is 0 Å². The summed E-state index contributed by atoms with van der Waals surface area (Å²) in [5.74, 6) is -2.58. The molecular formula is C35H48O22. The number of rotatable bonds is 14. The summed E-state index contributed by atoms with van der Waals surface area (Å²) >= 11 is 0. The van der Waals surface area contributed by atoms with Crippen LogP contribution in [0, 0.1) is 0 Å². The lowest BCUT2D eigenvalue weighted by Crippen LogP contribution is -2.66. The van der Waals surface area contributed by atoms with Gasteiger partial charge in [0, 0.05) is 7.11 Å². The highest BCUT2D eigenvalue weighted by atomic mass is 16.7. The molecule has 320 valence electrons. The zero-order chi connectivity index (χ0) is 41.9. The second kappa shape index (κ2) is 18.9. The van der Waals surface area contributed by atoms with Crippen molar-refractivity contribution >= 4 is 5.97 Å². The first kappa shape index (κ1) is 44.4. The topological polar surface area (TPSA) is 343 Å². The largest absolute Gasteiger partial charge is 0.507 e. The quantitative estimate of drug-likeness (QED) is 0.0808. The molecule has 3 aliphatic rings. The Bertz CT molecular complexity index is 1610. The van der Waals surface area contributed by atoms with Gasteiger partial charge in [0.2, 0.25) is 5.75 Å². The van der Waals surface area contributed by atoms with Crippen molar-refractivity contribution in [1.82, 2.24) is 0 Å². The van der Waals surface area contributed by atoms with E-state index in [1.54, 1.807) is 0 Å². The summed E-state index contributed by atoms with van der Waals surface area (Å²) in [4.78, 5) is 12.8. The van der Waals surface area contributed by atoms with Gasteiger partial charge < -0.3 is 104 Å². The Morgan fingerprint density at radius 2 is 1.11 bits per heavy atom. The Labute approximate surface area is 324 Å². The maximum Gasteiger partial charge on any atom is 0.338 e. The number of aromatic hydroxyl groups is 3. The minimum Gasteiger partial charge on any atom is -0.507 e. The molecule has 0 aliphatic carbocycles. The van der Waals surface area contributed by atoms with E-state index in [0.29, 0.717) is 0 Å². The summed E-state index contributed by atoms with van der Waals surface area (Å²) in [5, 5.41) is 126. The van der Waals surface area contributed by atoms with Gasteiger partial charge in [0.05, 0.1) is 45.2 Å². The Morgan fingerprint density at radius 3 is 1.63 bits per heavy atom. The van der Waals surface area contributed by atoms with Gasteiger partial charge in [0.25, 0.3) is 0 Å². The number of hydrogen-bond donors (Lipinski definition) is 12. The number of phenols is 3. The highest BCUT2D eigenvalue weighted by molar-refractivity contribution is 5.91. The fraction of sp³-hybridized carbons (Fsp3) is 0.629. The number of benzene rings is 2. The first-order chi connectivity index (χ1) is 27.1. The number of esters is 1. The van der Waals surface area contributed by atoms with Gasteiger partial charge >= 0.3 is 5.97 Å². The number of ether oxygens (including phenoxy) is 9. The lowest BCUT2D eigenvalue weighted by Gasteiger charge is -2.49. The molecule has 0 aromatic heterocycles. The Morgan fingerprint density at radius 1 is 0.614 bits per heavy atom. The van der Waals surface area contributed by atoms with Crippen LogP contribution in [0.2, 0.25) is 0 Å². The van der Waals surface area contributed by atoms with Gasteiger partial charge in [0.15, 0.2) is 24.1 Å². The number of carbonyl (C=O) groups is 1. The van der Waals surface area contributed by atoms with Gasteiger partial charge in [-0.25, -0.2) is 4.79 Å². The van der Waals surface area contributed by atoms with Crippen LogP contribution in [0.15, 0.2) is 24.3 Å². The van der Waals surface area contributed by atoms with Crippen LogP contribution in [-0.2, 0) is 39.8 Å². The van der Waals surface area contributed by atoms with E-state index in [0.717, 1.165) is 19.2 Å². The van der Waals surface area contributed by atoms with Crippen molar-refractivity contribution in [2.24, 2.45) is 0 Å². The summed E-state index contributed by atoms with van der Waals surface area (Å²) < 4.78 is 49.4. The monoisotopic (exact) mass is 820 g/mol. The highest BCUT2D eigenvalue weighted by Gasteiger charge is 2.54. The second-order valence-electron chi connectivity index (χ2n) is 13.4. The molecular weight excluding hydrogens is 772 g/mol. The van der Waals surface area contributed by atoms with Crippen molar-refractivity contribution in [2.75, 3.05) is 41.2 Å². The van der Waals surface area contributed by atoms with Crippen molar-refractivity contribution < 1.29 is 109 Å². The molecule has 0 spiro atoms. The number of methoxy groups -OCH3 is 3. The number of carbonyl (C=O) groups excluding carboxylic acids is 1. The van der Waals surface area contributed by atoms with E-state index in [1.165, 1.54) is 26.4 Å². The molecule has 0 amide bonds. The molecule has 3 aliphatic heterocycles. The third kappa shape index (κ3) is 9.00. The van der Waals surface area contributed by atoms with E-state index in [1.807, 2.05) is 0 Å². The molecule has 12 N–H and O–H groups in total. The van der Waals surface area contributed by atoms with Crippen LogP contribution in [0.25, 0.3) is 0 Å². The zero-order valence-corrected chi connectivity index (χ0v) is 30.7. The molecule has 2 aromatic rings. The van der Waals surface area contributed by atoms with Crippen LogP contribution in [0.3, 0.4) is 0 Å². The van der Waals surface area contributed by atoms with E-state index < -0.39 is 136 Å². The minimum absolute atomic E-state index is 0.0524. The molecule has 0 saturated carbocycles. The van der Waals surface area contributed by atoms with Gasteiger partial charge in [-0.15, -0.1) is 0 Å². The normalized spacial score (nSPS) is 35.8. The van der Waals surface area contributed by atoms with E-state index >= 15 is 0 Å². The predicted molar refractivity (Wildman–Crippen MR) is 183 cm³/mol. The molecule has 15 atom stereocenters. The van der Waals surface area contributed by atoms with E-state index in [9.17, 15) is 66.1 Å². The minimum atomic E-state index is -2.01. The average Bonchev–Trinajstić information content (AvgIpc) is 3.20. The predicted octanol–water partition coefficient (Wildman–Crippen LogP) is -4.00. The van der Waals surface area contributed by atoms with Gasteiger partial charge in [0.1, 0.15) is 97.5 Å². The summed E-state index contributed by atoms with van der Waals surface area (Å²) in [7, 11) is 3.69. The Hall–Kier alpha value is -3.69. The van der Waals surface area contributed by atoms with Crippen molar-refractivity contribution in [3.8, 4) is 28.7 Å². The molecule has 5 rings (SSSR count). The molecule has 0 radical (unpaired) electrons. The van der Waals surface area contributed by atoms with Gasteiger partial charge in [-0.1, -0.05) is 0 Å². The number of aliphatic hydroxyl groups excluding tert-OH is 9. The first-order valence-corrected chi connectivity index (χ1v) is 17.5. The van der Waals surface area contributed by atoms with Crippen LogP contribution in [-0.4, -0.2) is 194 Å². The lowest BCUT2D eigenvalue weighted by molar-refractivity contribution is -0.374. The smallest absolute Gasteiger partial charge is 0.338 e. The second-order valence-corrected chi connectivity index (χ2v) is 13.4. The number of hydrogen-bond acceptors (Lipinski definition) is 22. The molecule has 2 aromatic carbocycles. The van der Waals surface area contributed by atoms with Crippen molar-refractivity contribution in [3.05, 3.63) is 41.0 Å². The lowest BCUT2D eigenvalue weighted by atomic mass is 9.89. The summed E-state index contributed by atoms with van der Waals surface area (Å²) in [6, 6.07) is 4.69. The van der Waals surface area contributed by atoms with Crippen LogP contribution in [0.5, 0.6) is 28.7 Å². The highest BCUT2D eigenvalue weighted by Crippen LogP contribution is 2.45. The fourth-order valence-electron chi connectivity index (χ4n) is 6.84.